The predicted octanol–water partition coefficient (Wildman–Crippen LogP) is 4.15. The highest BCUT2D eigenvalue weighted by atomic mass is 35.5. The van der Waals surface area contributed by atoms with Crippen LogP contribution in [-0.2, 0) is 0 Å². The summed E-state index contributed by atoms with van der Waals surface area (Å²) < 4.78 is 0. The van der Waals surface area contributed by atoms with E-state index in [1.807, 2.05) is 18.3 Å². The average molecular weight is 425 g/mol. The van der Waals surface area contributed by atoms with Crippen LogP contribution in [-0.4, -0.2) is 58.6 Å². The number of piperidine rings is 1. The number of halogens is 1. The van der Waals surface area contributed by atoms with E-state index in [2.05, 4.69) is 37.6 Å². The Kier molecular flexibility index (Phi) is 5.88. The molecular weight excluding hydrogens is 396 g/mol. The Morgan fingerprint density at radius 2 is 2.03 bits per heavy atom. The van der Waals surface area contributed by atoms with Gasteiger partial charge in [-0.3, -0.25) is 0 Å². The number of para-hydroxylation sites is 1. The van der Waals surface area contributed by atoms with E-state index < -0.39 is 0 Å². The molecule has 2 saturated heterocycles. The zero-order chi connectivity index (χ0) is 20.3. The summed E-state index contributed by atoms with van der Waals surface area (Å²) >= 11 is 6.46. The third-order valence-corrected chi connectivity index (χ3v) is 6.78. The molecule has 0 spiro atoms. The van der Waals surface area contributed by atoms with E-state index >= 15 is 0 Å². The molecule has 0 bridgehead atoms. The molecule has 6 nitrogen and oxygen atoms in total. The fraction of sp³-hybridized carbons (Fsp3) is 0.478. The largest absolute Gasteiger partial charge is 0.360 e. The fourth-order valence-electron chi connectivity index (χ4n) is 4.76. The van der Waals surface area contributed by atoms with Crippen LogP contribution in [0.2, 0.25) is 5.02 Å². The summed E-state index contributed by atoms with van der Waals surface area (Å²) in [5.41, 5.74) is 2.86. The number of H-pyrrole nitrogens is 1. The van der Waals surface area contributed by atoms with E-state index in [1.165, 1.54) is 38.9 Å². The number of hydrogen-bond donors (Lipinski definition) is 3. The topological polar surface area (TPSA) is 68.9 Å². The van der Waals surface area contributed by atoms with Crippen molar-refractivity contribution >= 4 is 28.5 Å². The summed E-state index contributed by atoms with van der Waals surface area (Å²) in [6, 6.07) is 8.59. The Hall–Kier alpha value is -2.15. The third kappa shape index (κ3) is 4.31. The number of benzene rings is 1. The van der Waals surface area contributed by atoms with Gasteiger partial charge in [0.2, 0.25) is 5.95 Å². The van der Waals surface area contributed by atoms with Crippen molar-refractivity contribution < 1.29 is 0 Å². The SMILES string of the molecule is Clc1cnc(N[C@@H]2CCN(CCC3CCNCC3)C2)nc1-c1c[nH]c2ccccc12. The quantitative estimate of drug-likeness (QED) is 0.554. The molecule has 3 aromatic rings. The number of anilines is 1. The highest BCUT2D eigenvalue weighted by molar-refractivity contribution is 6.33. The number of nitrogens with one attached hydrogen (secondary N) is 3. The summed E-state index contributed by atoms with van der Waals surface area (Å²) in [6.45, 7) is 5.76. The van der Waals surface area contributed by atoms with E-state index in [1.54, 1.807) is 6.20 Å². The minimum atomic E-state index is 0.384. The van der Waals surface area contributed by atoms with E-state index in [-0.39, 0.29) is 0 Å². The Labute approximate surface area is 182 Å². The van der Waals surface area contributed by atoms with Crippen molar-refractivity contribution in [3.8, 4) is 11.3 Å². The van der Waals surface area contributed by atoms with Crippen LogP contribution in [0.25, 0.3) is 22.2 Å². The molecule has 5 rings (SSSR count). The zero-order valence-corrected chi connectivity index (χ0v) is 18.0. The summed E-state index contributed by atoms with van der Waals surface area (Å²) in [7, 11) is 0. The van der Waals surface area contributed by atoms with E-state index in [0.717, 1.165) is 47.6 Å². The van der Waals surface area contributed by atoms with Gasteiger partial charge in [-0.25, -0.2) is 9.97 Å². The maximum atomic E-state index is 6.46. The number of likely N-dealkylation sites (tertiary alicyclic amines) is 1. The zero-order valence-electron chi connectivity index (χ0n) is 17.2. The Morgan fingerprint density at radius 1 is 1.17 bits per heavy atom. The van der Waals surface area contributed by atoms with E-state index in [4.69, 9.17) is 16.6 Å². The van der Waals surface area contributed by atoms with Crippen LogP contribution < -0.4 is 10.6 Å². The molecule has 3 N–H and O–H groups in total. The molecule has 1 aromatic carbocycles. The highest BCUT2D eigenvalue weighted by Crippen LogP contribution is 2.32. The molecule has 4 heterocycles. The Balaban J connectivity index is 1.23. The molecule has 7 heteroatoms. The number of aromatic amines is 1. The van der Waals surface area contributed by atoms with Gasteiger partial charge in [0.25, 0.3) is 0 Å². The molecule has 2 aromatic heterocycles. The lowest BCUT2D eigenvalue weighted by molar-refractivity contribution is 0.271. The van der Waals surface area contributed by atoms with Crippen LogP contribution in [0, 0.1) is 5.92 Å². The second kappa shape index (κ2) is 8.92. The van der Waals surface area contributed by atoms with Crippen molar-refractivity contribution in [1.29, 1.82) is 0 Å². The number of aromatic nitrogens is 3. The second-order valence-corrected chi connectivity index (χ2v) is 8.96. The first kappa shape index (κ1) is 19.8. The maximum Gasteiger partial charge on any atom is 0.223 e. The number of nitrogens with zero attached hydrogens (tertiary/aromatic N) is 3. The van der Waals surface area contributed by atoms with Gasteiger partial charge < -0.3 is 20.5 Å². The van der Waals surface area contributed by atoms with Gasteiger partial charge in [-0.05, 0) is 57.3 Å². The molecule has 2 fully saturated rings. The molecule has 30 heavy (non-hydrogen) atoms. The van der Waals surface area contributed by atoms with Crippen LogP contribution in [0.4, 0.5) is 5.95 Å². The predicted molar refractivity (Wildman–Crippen MR) is 123 cm³/mol. The molecule has 0 unspecified atom stereocenters. The van der Waals surface area contributed by atoms with Gasteiger partial charge >= 0.3 is 0 Å². The molecule has 0 radical (unpaired) electrons. The van der Waals surface area contributed by atoms with Crippen LogP contribution in [0.1, 0.15) is 25.7 Å². The van der Waals surface area contributed by atoms with Gasteiger partial charge in [0.05, 0.1) is 16.9 Å². The van der Waals surface area contributed by atoms with Crippen LogP contribution in [0.15, 0.2) is 36.7 Å². The van der Waals surface area contributed by atoms with Gasteiger partial charge in [0.15, 0.2) is 0 Å². The van der Waals surface area contributed by atoms with E-state index in [9.17, 15) is 0 Å². The summed E-state index contributed by atoms with van der Waals surface area (Å²) in [5, 5.41) is 8.69. The first-order valence-corrected chi connectivity index (χ1v) is 11.4. The number of fused-ring (bicyclic) bond motifs is 1. The molecule has 0 aliphatic carbocycles. The molecule has 0 amide bonds. The van der Waals surface area contributed by atoms with Crippen LogP contribution >= 0.6 is 11.6 Å². The molecule has 158 valence electrons. The Morgan fingerprint density at radius 3 is 2.93 bits per heavy atom. The summed E-state index contributed by atoms with van der Waals surface area (Å²) in [6.07, 6.45) is 8.77. The second-order valence-electron chi connectivity index (χ2n) is 8.55. The molecule has 1 atom stereocenters. The fourth-order valence-corrected chi connectivity index (χ4v) is 4.96. The van der Waals surface area contributed by atoms with Crippen molar-refractivity contribution in [3.63, 3.8) is 0 Å². The summed E-state index contributed by atoms with van der Waals surface area (Å²) in [5.74, 6) is 1.54. The lowest BCUT2D eigenvalue weighted by Gasteiger charge is -2.25. The minimum absolute atomic E-state index is 0.384. The first-order chi connectivity index (χ1) is 14.8. The first-order valence-electron chi connectivity index (χ1n) is 11.0. The smallest absolute Gasteiger partial charge is 0.223 e. The van der Waals surface area contributed by atoms with Crippen molar-refractivity contribution in [2.24, 2.45) is 5.92 Å². The van der Waals surface area contributed by atoms with Gasteiger partial charge in [-0.15, -0.1) is 0 Å². The minimum Gasteiger partial charge on any atom is -0.360 e. The molecule has 2 aliphatic rings. The van der Waals surface area contributed by atoms with Gasteiger partial charge in [-0.2, -0.15) is 0 Å². The number of rotatable bonds is 6. The maximum absolute atomic E-state index is 6.46. The monoisotopic (exact) mass is 424 g/mol. The highest BCUT2D eigenvalue weighted by Gasteiger charge is 2.24. The van der Waals surface area contributed by atoms with Crippen LogP contribution in [0.5, 0.6) is 0 Å². The van der Waals surface area contributed by atoms with Gasteiger partial charge in [0, 0.05) is 41.8 Å². The normalized spacial score (nSPS) is 20.8. The molecule has 0 saturated carbocycles. The Bertz CT molecular complexity index is 996. The molecular formula is C23H29ClN6. The van der Waals surface area contributed by atoms with Crippen molar-refractivity contribution in [1.82, 2.24) is 25.2 Å². The third-order valence-electron chi connectivity index (χ3n) is 6.51. The van der Waals surface area contributed by atoms with E-state index in [0.29, 0.717) is 17.0 Å². The van der Waals surface area contributed by atoms with Crippen molar-refractivity contribution in [3.05, 3.63) is 41.7 Å². The van der Waals surface area contributed by atoms with Crippen molar-refractivity contribution in [2.75, 3.05) is 38.0 Å². The van der Waals surface area contributed by atoms with Crippen molar-refractivity contribution in [2.45, 2.75) is 31.7 Å². The lowest BCUT2D eigenvalue weighted by atomic mass is 9.94. The molecule has 2 aliphatic heterocycles. The van der Waals surface area contributed by atoms with Gasteiger partial charge in [-0.1, -0.05) is 29.8 Å². The van der Waals surface area contributed by atoms with Crippen LogP contribution in [0.3, 0.4) is 0 Å². The average Bonchev–Trinajstić information content (AvgIpc) is 3.41. The van der Waals surface area contributed by atoms with Gasteiger partial charge in [0.1, 0.15) is 0 Å². The number of hydrogen-bond acceptors (Lipinski definition) is 5. The standard InChI is InChI=1S/C23H29ClN6/c24-20-14-27-23(29-22(20)19-13-26-21-4-2-1-3-18(19)21)28-17-8-12-30(15-17)11-7-16-5-9-25-10-6-16/h1-4,13-14,16-17,25-26H,5-12,15H2,(H,27,28,29)/t17-/m1/s1. The summed E-state index contributed by atoms with van der Waals surface area (Å²) in [4.78, 5) is 15.1. The lowest BCUT2D eigenvalue weighted by Crippen LogP contribution is -2.32.